The van der Waals surface area contributed by atoms with Gasteiger partial charge in [0.15, 0.2) is 0 Å². The van der Waals surface area contributed by atoms with E-state index < -0.39 is 0 Å². The molecule has 1 fully saturated rings. The van der Waals surface area contributed by atoms with Gasteiger partial charge in [-0.05, 0) is 61.3 Å². The molecule has 3 N–H and O–H groups in total. The predicted octanol–water partition coefficient (Wildman–Crippen LogP) is 4.20. The van der Waals surface area contributed by atoms with Crippen molar-refractivity contribution in [3.05, 3.63) is 65.2 Å². The average molecular weight is 374 g/mol. The number of likely N-dealkylation sites (tertiary alicyclic amines) is 1. The molecule has 1 aliphatic heterocycles. The van der Waals surface area contributed by atoms with Gasteiger partial charge in [0.05, 0.1) is 0 Å². The summed E-state index contributed by atoms with van der Waals surface area (Å²) in [7, 11) is 0. The summed E-state index contributed by atoms with van der Waals surface area (Å²) >= 11 is 0. The van der Waals surface area contributed by atoms with E-state index in [1.54, 1.807) is 0 Å². The number of hydrogen-bond acceptors (Lipinski definition) is 3. The third-order valence-corrected chi connectivity index (χ3v) is 4.77. The molecule has 5 heteroatoms. The Morgan fingerprint density at radius 2 is 1.46 bits per heavy atom. The fourth-order valence-electron chi connectivity index (χ4n) is 3.24. The Labute approximate surface area is 162 Å². The molecule has 1 aliphatic rings. The molecule has 0 saturated carbocycles. The first-order valence-corrected chi connectivity index (χ1v) is 9.16. The number of nitrogens with one attached hydrogen (secondary N) is 1. The molecule has 0 bridgehead atoms. The molecule has 2 aromatic rings. The summed E-state index contributed by atoms with van der Waals surface area (Å²) in [6.45, 7) is 3.86. The van der Waals surface area contributed by atoms with Gasteiger partial charge >= 0.3 is 0 Å². The zero-order chi connectivity index (χ0) is 17.5. The van der Waals surface area contributed by atoms with E-state index in [0.29, 0.717) is 12.1 Å². The highest BCUT2D eigenvalue weighted by molar-refractivity contribution is 6.04. The van der Waals surface area contributed by atoms with Crippen molar-refractivity contribution in [2.24, 2.45) is 5.73 Å². The van der Waals surface area contributed by atoms with Crippen molar-refractivity contribution in [3.8, 4) is 0 Å². The third kappa shape index (κ3) is 5.84. The molecular formula is C21H28ClN3O. The van der Waals surface area contributed by atoms with Crippen LogP contribution < -0.4 is 11.1 Å². The molecule has 3 rings (SSSR count). The number of anilines is 1. The van der Waals surface area contributed by atoms with Crippen molar-refractivity contribution in [2.45, 2.75) is 38.8 Å². The SMILES string of the molecule is Cl.NCc1ccc(C(=O)Nc2ccc(CN3CCCCCC3)cc2)cc1. The molecule has 0 aliphatic carbocycles. The smallest absolute Gasteiger partial charge is 0.255 e. The highest BCUT2D eigenvalue weighted by atomic mass is 35.5. The number of nitrogens with zero attached hydrogens (tertiary/aromatic N) is 1. The molecule has 0 unspecified atom stereocenters. The van der Waals surface area contributed by atoms with Crippen LogP contribution in [0.3, 0.4) is 0 Å². The lowest BCUT2D eigenvalue weighted by Gasteiger charge is -2.19. The Morgan fingerprint density at radius 1 is 0.885 bits per heavy atom. The second kappa shape index (κ2) is 10.3. The van der Waals surface area contributed by atoms with Crippen LogP contribution in [0.25, 0.3) is 0 Å². The van der Waals surface area contributed by atoms with E-state index in [1.807, 2.05) is 36.4 Å². The Bertz CT molecular complexity index is 677. The van der Waals surface area contributed by atoms with Gasteiger partial charge in [-0.1, -0.05) is 37.1 Å². The van der Waals surface area contributed by atoms with Crippen LogP contribution in [0, 0.1) is 0 Å². The first-order chi connectivity index (χ1) is 12.2. The second-order valence-electron chi connectivity index (χ2n) is 6.74. The zero-order valence-corrected chi connectivity index (χ0v) is 15.9. The first-order valence-electron chi connectivity index (χ1n) is 9.16. The van der Waals surface area contributed by atoms with Crippen molar-refractivity contribution in [2.75, 3.05) is 18.4 Å². The standard InChI is InChI=1S/C21H27N3O.ClH/c22-15-17-5-9-19(10-6-17)21(25)23-20-11-7-18(8-12-20)16-24-13-3-1-2-4-14-24;/h5-12H,1-4,13-16,22H2,(H,23,25);1H. The molecule has 0 aromatic heterocycles. The molecule has 1 heterocycles. The molecule has 0 atom stereocenters. The van der Waals surface area contributed by atoms with Gasteiger partial charge in [-0.2, -0.15) is 0 Å². The van der Waals surface area contributed by atoms with E-state index in [9.17, 15) is 4.79 Å². The Kier molecular flexibility index (Phi) is 8.10. The Hall–Kier alpha value is -1.88. The van der Waals surface area contributed by atoms with Crippen LogP contribution >= 0.6 is 12.4 Å². The van der Waals surface area contributed by atoms with Gasteiger partial charge in [-0.3, -0.25) is 9.69 Å². The number of nitrogens with two attached hydrogens (primary N) is 1. The van der Waals surface area contributed by atoms with Gasteiger partial charge in [0, 0.05) is 24.3 Å². The monoisotopic (exact) mass is 373 g/mol. The normalized spacial score (nSPS) is 15.0. The van der Waals surface area contributed by atoms with Crippen LogP contribution in [-0.4, -0.2) is 23.9 Å². The maximum atomic E-state index is 12.3. The first kappa shape index (κ1) is 20.4. The fraction of sp³-hybridized carbons (Fsp3) is 0.381. The summed E-state index contributed by atoms with van der Waals surface area (Å²) in [4.78, 5) is 14.8. The lowest BCUT2D eigenvalue weighted by molar-refractivity contribution is 0.102. The largest absolute Gasteiger partial charge is 0.326 e. The minimum absolute atomic E-state index is 0. The number of carbonyl (C=O) groups is 1. The van der Waals surface area contributed by atoms with Crippen molar-refractivity contribution >= 4 is 24.0 Å². The number of halogens is 1. The van der Waals surface area contributed by atoms with E-state index in [-0.39, 0.29) is 18.3 Å². The van der Waals surface area contributed by atoms with Crippen molar-refractivity contribution in [1.82, 2.24) is 4.90 Å². The number of hydrogen-bond donors (Lipinski definition) is 2. The molecular weight excluding hydrogens is 346 g/mol. The maximum Gasteiger partial charge on any atom is 0.255 e. The predicted molar refractivity (Wildman–Crippen MR) is 110 cm³/mol. The molecule has 0 radical (unpaired) electrons. The fourth-order valence-corrected chi connectivity index (χ4v) is 3.24. The maximum absolute atomic E-state index is 12.3. The highest BCUT2D eigenvalue weighted by Crippen LogP contribution is 2.16. The van der Waals surface area contributed by atoms with Crippen molar-refractivity contribution in [1.29, 1.82) is 0 Å². The van der Waals surface area contributed by atoms with Crippen LogP contribution in [0.1, 0.15) is 47.2 Å². The molecule has 1 amide bonds. The minimum atomic E-state index is -0.0937. The molecule has 140 valence electrons. The van der Waals surface area contributed by atoms with Crippen LogP contribution in [0.2, 0.25) is 0 Å². The highest BCUT2D eigenvalue weighted by Gasteiger charge is 2.10. The van der Waals surface area contributed by atoms with Gasteiger partial charge < -0.3 is 11.1 Å². The number of benzene rings is 2. The number of amides is 1. The lowest BCUT2D eigenvalue weighted by Crippen LogP contribution is -2.23. The van der Waals surface area contributed by atoms with Gasteiger partial charge in [0.25, 0.3) is 5.91 Å². The van der Waals surface area contributed by atoms with Crippen LogP contribution in [0.5, 0.6) is 0 Å². The van der Waals surface area contributed by atoms with Crippen molar-refractivity contribution in [3.63, 3.8) is 0 Å². The third-order valence-electron chi connectivity index (χ3n) is 4.77. The van der Waals surface area contributed by atoms with E-state index in [1.165, 1.54) is 44.3 Å². The summed E-state index contributed by atoms with van der Waals surface area (Å²) in [6, 6.07) is 15.6. The molecule has 4 nitrogen and oxygen atoms in total. The van der Waals surface area contributed by atoms with Gasteiger partial charge in [-0.15, -0.1) is 12.4 Å². The Morgan fingerprint density at radius 3 is 2.04 bits per heavy atom. The molecule has 0 spiro atoms. The summed E-state index contributed by atoms with van der Waals surface area (Å²) in [5, 5.41) is 2.95. The van der Waals surface area contributed by atoms with Gasteiger partial charge in [0.2, 0.25) is 0 Å². The van der Waals surface area contributed by atoms with Crippen molar-refractivity contribution < 1.29 is 4.79 Å². The van der Waals surface area contributed by atoms with E-state index in [4.69, 9.17) is 5.73 Å². The topological polar surface area (TPSA) is 58.4 Å². The molecule has 2 aromatic carbocycles. The number of rotatable bonds is 5. The summed E-state index contributed by atoms with van der Waals surface area (Å²) < 4.78 is 0. The zero-order valence-electron chi connectivity index (χ0n) is 15.1. The summed E-state index contributed by atoms with van der Waals surface area (Å²) in [6.07, 6.45) is 5.32. The minimum Gasteiger partial charge on any atom is -0.326 e. The van der Waals surface area contributed by atoms with E-state index in [0.717, 1.165) is 17.8 Å². The summed E-state index contributed by atoms with van der Waals surface area (Å²) in [5.41, 5.74) is 9.38. The van der Waals surface area contributed by atoms with Crippen LogP contribution in [0.15, 0.2) is 48.5 Å². The van der Waals surface area contributed by atoms with E-state index >= 15 is 0 Å². The molecule has 1 saturated heterocycles. The molecule has 26 heavy (non-hydrogen) atoms. The van der Waals surface area contributed by atoms with Gasteiger partial charge in [0.1, 0.15) is 0 Å². The van der Waals surface area contributed by atoms with Gasteiger partial charge in [-0.25, -0.2) is 0 Å². The lowest BCUT2D eigenvalue weighted by atomic mass is 10.1. The van der Waals surface area contributed by atoms with Crippen LogP contribution in [-0.2, 0) is 13.1 Å². The second-order valence-corrected chi connectivity index (χ2v) is 6.74. The number of carbonyl (C=O) groups excluding carboxylic acids is 1. The average Bonchev–Trinajstić information content (AvgIpc) is 2.92. The summed E-state index contributed by atoms with van der Waals surface area (Å²) in [5.74, 6) is -0.0937. The van der Waals surface area contributed by atoms with E-state index in [2.05, 4.69) is 22.3 Å². The van der Waals surface area contributed by atoms with Crippen LogP contribution in [0.4, 0.5) is 5.69 Å². The quantitative estimate of drug-likeness (QED) is 0.825. The Balaban J connectivity index is 0.00000243.